The zero-order chi connectivity index (χ0) is 47.3. The van der Waals surface area contributed by atoms with Crippen molar-refractivity contribution in [3.05, 3.63) is 107 Å². The maximum atomic E-state index is 14.3. The highest BCUT2D eigenvalue weighted by Gasteiger charge is 2.33. The molecular formula is C50H64N8O7. The van der Waals surface area contributed by atoms with E-state index in [4.69, 9.17) is 33.1 Å². The summed E-state index contributed by atoms with van der Waals surface area (Å²) in [7, 11) is 1.44. The lowest BCUT2D eigenvalue weighted by molar-refractivity contribution is -0.139. The lowest BCUT2D eigenvalue weighted by Gasteiger charge is -2.30. The SMILES string of the molecule is C#CCNC(=O)C1Cc2ccc(OCCN)c(c2)-c2cc(ccc2OCCN)C(N(C)C(=O)CNC(=O)c2ccc(-c3ccc(CCCC)cc3)cc2)C(=O)N[C@@H](C)C(=O)N1.CCCN. The van der Waals surface area contributed by atoms with Gasteiger partial charge in [0.2, 0.25) is 23.6 Å². The molecule has 5 amide bonds. The van der Waals surface area contributed by atoms with E-state index in [9.17, 15) is 24.0 Å². The Morgan fingerprint density at radius 3 is 1.97 bits per heavy atom. The molecule has 15 heteroatoms. The van der Waals surface area contributed by atoms with Crippen LogP contribution in [0.3, 0.4) is 0 Å². The standard InChI is InChI=1S/C47H55N7O7.C3H9N/c1-5-7-8-31-9-12-33(13-10-31)34-14-16-35(17-15-34)45(57)51-29-42(55)54(4)43-36-18-20-41(61-25-22-49)38(28-36)37-26-32(11-19-40(37)60-24-21-48)27-39(46(58)50-23-6-2)53-44(56)30(3)52-47(43)59;1-2-3-4/h2,9-20,26,28,30,39,43H,5,7-8,21-25,27,29,48-49H2,1,3-4H3,(H,50,58)(H,51,57)(H,52,59)(H,53,56);2-4H2,1H3/t30-,39?,43?;/m0./s1. The van der Waals surface area contributed by atoms with Crippen molar-refractivity contribution in [2.75, 3.05) is 53.0 Å². The summed E-state index contributed by atoms with van der Waals surface area (Å²) in [5.74, 6) is 0.286. The first-order valence-corrected chi connectivity index (χ1v) is 22.1. The van der Waals surface area contributed by atoms with Crippen molar-refractivity contribution in [2.24, 2.45) is 17.2 Å². The van der Waals surface area contributed by atoms with Crippen LogP contribution in [0.15, 0.2) is 84.9 Å². The lowest BCUT2D eigenvalue weighted by Crippen LogP contribution is -2.55. The van der Waals surface area contributed by atoms with E-state index in [1.165, 1.54) is 24.4 Å². The van der Waals surface area contributed by atoms with Gasteiger partial charge in [0.1, 0.15) is 42.8 Å². The third kappa shape index (κ3) is 14.7. The predicted octanol–water partition coefficient (Wildman–Crippen LogP) is 3.62. The van der Waals surface area contributed by atoms with Crippen LogP contribution in [0.25, 0.3) is 22.3 Å². The molecular weight excluding hydrogens is 825 g/mol. The number of carbonyl (C=O) groups is 5. The van der Waals surface area contributed by atoms with E-state index >= 15 is 0 Å². The van der Waals surface area contributed by atoms with Crippen molar-refractivity contribution >= 4 is 29.5 Å². The molecule has 5 rings (SSSR count). The Kier molecular flexibility index (Phi) is 20.5. The van der Waals surface area contributed by atoms with Gasteiger partial charge in [-0.15, -0.1) is 6.42 Å². The zero-order valence-electron chi connectivity index (χ0n) is 37.9. The smallest absolute Gasteiger partial charge is 0.251 e. The van der Waals surface area contributed by atoms with Crippen LogP contribution in [0.1, 0.15) is 73.1 Å². The molecule has 0 aliphatic carbocycles. The first-order chi connectivity index (χ1) is 31.4. The second kappa shape index (κ2) is 26.2. The number of amides is 5. The van der Waals surface area contributed by atoms with E-state index in [-0.39, 0.29) is 39.3 Å². The normalized spacial score (nSPS) is 15.6. The number of hydrogen-bond donors (Lipinski definition) is 7. The number of nitrogens with two attached hydrogens (primary N) is 3. The minimum Gasteiger partial charge on any atom is -0.492 e. The number of unbranched alkanes of at least 4 members (excludes halogenated alkanes) is 1. The summed E-state index contributed by atoms with van der Waals surface area (Å²) in [5.41, 5.74) is 22.3. The molecule has 0 radical (unpaired) electrons. The van der Waals surface area contributed by atoms with E-state index in [0.29, 0.717) is 39.3 Å². The number of fused-ring (bicyclic) bond motifs is 5. The van der Waals surface area contributed by atoms with Gasteiger partial charge in [-0.3, -0.25) is 24.0 Å². The molecule has 4 aromatic carbocycles. The van der Waals surface area contributed by atoms with Gasteiger partial charge in [0.05, 0.1) is 13.1 Å². The Balaban J connectivity index is 0.00000222. The summed E-state index contributed by atoms with van der Waals surface area (Å²) in [6, 6.07) is 22.3. The number of ether oxygens (including phenoxy) is 2. The first-order valence-electron chi connectivity index (χ1n) is 22.1. The zero-order valence-corrected chi connectivity index (χ0v) is 37.9. The van der Waals surface area contributed by atoms with Gasteiger partial charge in [-0.05, 0) is 96.9 Å². The second-order valence-electron chi connectivity index (χ2n) is 15.5. The summed E-state index contributed by atoms with van der Waals surface area (Å²) in [5, 5.41) is 10.8. The number of hydrogen-bond acceptors (Lipinski definition) is 10. The molecule has 0 aromatic heterocycles. The largest absolute Gasteiger partial charge is 0.492 e. The molecule has 4 aromatic rings. The Morgan fingerprint density at radius 1 is 0.785 bits per heavy atom. The number of likely N-dealkylation sites (N-methyl/N-ethyl adjacent to an activating group) is 1. The van der Waals surface area contributed by atoms with Crippen LogP contribution in [0.2, 0.25) is 0 Å². The third-order valence-corrected chi connectivity index (χ3v) is 10.6. The molecule has 0 fully saturated rings. The van der Waals surface area contributed by atoms with Crippen molar-refractivity contribution in [1.29, 1.82) is 0 Å². The molecule has 0 spiro atoms. The van der Waals surface area contributed by atoms with Gasteiger partial charge in [-0.25, -0.2) is 0 Å². The summed E-state index contributed by atoms with van der Waals surface area (Å²) >= 11 is 0. The molecule has 1 aliphatic heterocycles. The predicted molar refractivity (Wildman–Crippen MR) is 254 cm³/mol. The van der Waals surface area contributed by atoms with Gasteiger partial charge in [0.15, 0.2) is 0 Å². The van der Waals surface area contributed by atoms with Gasteiger partial charge in [-0.2, -0.15) is 0 Å². The maximum absolute atomic E-state index is 14.3. The van der Waals surface area contributed by atoms with Gasteiger partial charge in [0.25, 0.3) is 5.91 Å². The van der Waals surface area contributed by atoms with Gasteiger partial charge < -0.3 is 52.8 Å². The molecule has 346 valence electrons. The highest BCUT2D eigenvalue weighted by atomic mass is 16.5. The summed E-state index contributed by atoms with van der Waals surface area (Å²) in [6.07, 6.45) is 9.84. The van der Waals surface area contributed by atoms with E-state index in [1.807, 2.05) is 12.1 Å². The summed E-state index contributed by atoms with van der Waals surface area (Å²) in [6.45, 7) is 6.81. The van der Waals surface area contributed by atoms with Crippen molar-refractivity contribution in [2.45, 2.75) is 71.0 Å². The van der Waals surface area contributed by atoms with Gasteiger partial charge in [-0.1, -0.05) is 74.7 Å². The van der Waals surface area contributed by atoms with Crippen molar-refractivity contribution in [3.63, 3.8) is 0 Å². The fourth-order valence-electron chi connectivity index (χ4n) is 6.93. The van der Waals surface area contributed by atoms with Crippen molar-refractivity contribution in [1.82, 2.24) is 26.2 Å². The van der Waals surface area contributed by atoms with Crippen LogP contribution in [0.5, 0.6) is 11.5 Å². The molecule has 1 aliphatic rings. The first kappa shape index (κ1) is 50.9. The van der Waals surface area contributed by atoms with Crippen molar-refractivity contribution < 1.29 is 33.4 Å². The molecule has 0 saturated carbocycles. The van der Waals surface area contributed by atoms with Gasteiger partial charge in [0, 0.05) is 43.2 Å². The molecule has 65 heavy (non-hydrogen) atoms. The van der Waals surface area contributed by atoms with Gasteiger partial charge >= 0.3 is 0 Å². The molecule has 0 saturated heterocycles. The van der Waals surface area contributed by atoms with Crippen LogP contribution in [-0.2, 0) is 32.0 Å². The molecule has 4 bridgehead atoms. The van der Waals surface area contributed by atoms with Crippen LogP contribution in [-0.4, -0.2) is 99.5 Å². The minimum absolute atomic E-state index is 0.0633. The van der Waals surface area contributed by atoms with Crippen LogP contribution in [0, 0.1) is 12.3 Å². The van der Waals surface area contributed by atoms with E-state index in [0.717, 1.165) is 43.4 Å². The Hall–Kier alpha value is -6.73. The fraction of sp³-hybridized carbons (Fsp3) is 0.380. The minimum atomic E-state index is -1.30. The number of aryl methyl sites for hydroxylation is 1. The average molecular weight is 889 g/mol. The summed E-state index contributed by atoms with van der Waals surface area (Å²) in [4.78, 5) is 69.6. The topological polar surface area (TPSA) is 233 Å². The molecule has 15 nitrogen and oxygen atoms in total. The molecule has 3 atom stereocenters. The molecule has 2 unspecified atom stereocenters. The summed E-state index contributed by atoms with van der Waals surface area (Å²) < 4.78 is 12.1. The van der Waals surface area contributed by atoms with E-state index < -0.39 is 54.2 Å². The number of carbonyl (C=O) groups excluding carboxylic acids is 5. The monoisotopic (exact) mass is 888 g/mol. The van der Waals surface area contributed by atoms with Crippen LogP contribution < -0.4 is 47.9 Å². The Bertz CT molecular complexity index is 2260. The number of rotatable bonds is 17. The maximum Gasteiger partial charge on any atom is 0.251 e. The third-order valence-electron chi connectivity index (χ3n) is 10.6. The number of benzene rings is 4. The van der Waals surface area contributed by atoms with Crippen LogP contribution in [0.4, 0.5) is 0 Å². The Labute approximate surface area is 382 Å². The molecule has 1 heterocycles. The number of nitrogens with one attached hydrogen (secondary N) is 4. The average Bonchev–Trinajstić information content (AvgIpc) is 3.32. The van der Waals surface area contributed by atoms with Crippen molar-refractivity contribution in [3.8, 4) is 46.1 Å². The fourth-order valence-corrected chi connectivity index (χ4v) is 6.93. The lowest BCUT2D eigenvalue weighted by atomic mass is 9.93. The highest BCUT2D eigenvalue weighted by molar-refractivity contribution is 5.98. The number of terminal acetylenes is 1. The molecule has 10 N–H and O–H groups in total. The van der Waals surface area contributed by atoms with E-state index in [1.54, 1.807) is 48.5 Å². The number of nitrogens with zero attached hydrogens (tertiary/aromatic N) is 1. The van der Waals surface area contributed by atoms with E-state index in [2.05, 4.69) is 65.3 Å². The second-order valence-corrected chi connectivity index (χ2v) is 15.5. The highest BCUT2D eigenvalue weighted by Crippen LogP contribution is 2.40. The Morgan fingerprint density at radius 2 is 1.38 bits per heavy atom. The quantitative estimate of drug-likeness (QED) is 0.0762. The van der Waals surface area contributed by atoms with Crippen LogP contribution >= 0.6 is 0 Å².